The summed E-state index contributed by atoms with van der Waals surface area (Å²) in [5.41, 5.74) is 1.57. The van der Waals surface area contributed by atoms with Crippen LogP contribution in [0.3, 0.4) is 0 Å². The largest absolute Gasteiger partial charge is 0.496 e. The number of amides is 2. The van der Waals surface area contributed by atoms with E-state index >= 15 is 0 Å². The van der Waals surface area contributed by atoms with Crippen molar-refractivity contribution in [2.24, 2.45) is 0 Å². The molecular weight excluding hydrogens is 316 g/mol. The van der Waals surface area contributed by atoms with Crippen molar-refractivity contribution in [3.8, 4) is 5.75 Å². The molecule has 0 bridgehead atoms. The van der Waals surface area contributed by atoms with Crippen LogP contribution in [0.5, 0.6) is 5.75 Å². The third-order valence-corrected chi connectivity index (χ3v) is 4.61. The average Bonchev–Trinajstić information content (AvgIpc) is 2.67. The summed E-state index contributed by atoms with van der Waals surface area (Å²) in [6.45, 7) is 3.07. The van der Waals surface area contributed by atoms with Crippen molar-refractivity contribution in [2.75, 3.05) is 26.7 Å². The highest BCUT2D eigenvalue weighted by atomic mass is 16.5. The summed E-state index contributed by atoms with van der Waals surface area (Å²) in [5, 5.41) is 0. The van der Waals surface area contributed by atoms with Crippen LogP contribution in [0, 0.1) is 0 Å². The lowest BCUT2D eigenvalue weighted by atomic mass is 9.99. The van der Waals surface area contributed by atoms with Gasteiger partial charge < -0.3 is 14.5 Å². The summed E-state index contributed by atoms with van der Waals surface area (Å²) in [6.07, 6.45) is 0. The van der Waals surface area contributed by atoms with Gasteiger partial charge in [0.05, 0.1) is 13.2 Å². The highest BCUT2D eigenvalue weighted by Crippen LogP contribution is 2.33. The van der Waals surface area contributed by atoms with Crippen LogP contribution >= 0.6 is 0 Å². The molecule has 0 N–H and O–H groups in total. The molecule has 0 aromatic heterocycles. The molecule has 5 heteroatoms. The predicted molar refractivity (Wildman–Crippen MR) is 95.5 cm³/mol. The molecular formula is C20H22N2O3. The van der Waals surface area contributed by atoms with Gasteiger partial charge in [0.2, 0.25) is 5.91 Å². The van der Waals surface area contributed by atoms with E-state index in [0.717, 1.165) is 11.3 Å². The molecule has 3 rings (SSSR count). The van der Waals surface area contributed by atoms with Crippen LogP contribution in [-0.2, 0) is 4.79 Å². The maximum Gasteiger partial charge on any atom is 0.254 e. The minimum atomic E-state index is -0.235. The molecule has 130 valence electrons. The van der Waals surface area contributed by atoms with E-state index in [9.17, 15) is 9.59 Å². The monoisotopic (exact) mass is 338 g/mol. The number of rotatable bonds is 3. The summed E-state index contributed by atoms with van der Waals surface area (Å²) >= 11 is 0. The average molecular weight is 338 g/mol. The lowest BCUT2D eigenvalue weighted by Crippen LogP contribution is -2.52. The van der Waals surface area contributed by atoms with Gasteiger partial charge in [0.15, 0.2) is 0 Å². The first-order valence-electron chi connectivity index (χ1n) is 8.36. The van der Waals surface area contributed by atoms with Gasteiger partial charge in [-0.2, -0.15) is 0 Å². The molecule has 1 fully saturated rings. The molecule has 1 aliphatic rings. The molecule has 0 spiro atoms. The highest BCUT2D eigenvalue weighted by Gasteiger charge is 2.34. The Hall–Kier alpha value is -2.82. The zero-order valence-electron chi connectivity index (χ0n) is 14.5. The van der Waals surface area contributed by atoms with Crippen LogP contribution in [0.15, 0.2) is 54.6 Å². The van der Waals surface area contributed by atoms with Crippen molar-refractivity contribution in [2.45, 2.75) is 13.0 Å². The van der Waals surface area contributed by atoms with Crippen molar-refractivity contribution in [1.29, 1.82) is 0 Å². The van der Waals surface area contributed by atoms with Gasteiger partial charge in [-0.15, -0.1) is 0 Å². The van der Waals surface area contributed by atoms with Gasteiger partial charge in [0.25, 0.3) is 5.91 Å². The van der Waals surface area contributed by atoms with Gasteiger partial charge in [0, 0.05) is 37.7 Å². The molecule has 2 amide bonds. The molecule has 1 saturated heterocycles. The van der Waals surface area contributed by atoms with E-state index < -0.39 is 0 Å². The number of piperazine rings is 1. The van der Waals surface area contributed by atoms with Crippen LogP contribution in [0.1, 0.15) is 28.9 Å². The smallest absolute Gasteiger partial charge is 0.254 e. The summed E-state index contributed by atoms with van der Waals surface area (Å²) in [4.78, 5) is 28.5. The van der Waals surface area contributed by atoms with E-state index in [2.05, 4.69) is 0 Å². The number of carbonyl (C=O) groups excluding carboxylic acids is 2. The van der Waals surface area contributed by atoms with Gasteiger partial charge in [0.1, 0.15) is 5.75 Å². The standard InChI is InChI=1S/C20H22N2O3/c1-15(23)21-12-13-22(20(24)16-8-4-3-5-9-16)18(14-21)17-10-6-7-11-19(17)25-2/h3-11,18H,12-14H2,1-2H3. The van der Waals surface area contributed by atoms with Gasteiger partial charge >= 0.3 is 0 Å². The molecule has 1 heterocycles. The Morgan fingerprint density at radius 1 is 1.00 bits per heavy atom. The van der Waals surface area contributed by atoms with E-state index in [0.29, 0.717) is 25.2 Å². The molecule has 2 aromatic carbocycles. The van der Waals surface area contributed by atoms with E-state index in [1.165, 1.54) is 0 Å². The second-order valence-electron chi connectivity index (χ2n) is 6.09. The fourth-order valence-corrected chi connectivity index (χ4v) is 3.27. The van der Waals surface area contributed by atoms with Crippen molar-refractivity contribution in [3.05, 3.63) is 65.7 Å². The van der Waals surface area contributed by atoms with Crippen molar-refractivity contribution in [3.63, 3.8) is 0 Å². The van der Waals surface area contributed by atoms with E-state index in [-0.39, 0.29) is 17.9 Å². The number of benzene rings is 2. The molecule has 25 heavy (non-hydrogen) atoms. The van der Waals surface area contributed by atoms with Crippen LogP contribution < -0.4 is 4.74 Å². The van der Waals surface area contributed by atoms with E-state index in [4.69, 9.17) is 4.74 Å². The third kappa shape index (κ3) is 3.50. The van der Waals surface area contributed by atoms with Gasteiger partial charge in [-0.1, -0.05) is 36.4 Å². The second-order valence-corrected chi connectivity index (χ2v) is 6.09. The highest BCUT2D eigenvalue weighted by molar-refractivity contribution is 5.94. The lowest BCUT2D eigenvalue weighted by molar-refractivity contribution is -0.131. The van der Waals surface area contributed by atoms with Crippen molar-refractivity contribution < 1.29 is 14.3 Å². The quantitative estimate of drug-likeness (QED) is 0.865. The first-order valence-corrected chi connectivity index (χ1v) is 8.36. The number of hydrogen-bond acceptors (Lipinski definition) is 3. The summed E-state index contributed by atoms with van der Waals surface area (Å²) in [6, 6.07) is 16.7. The Morgan fingerprint density at radius 2 is 1.68 bits per heavy atom. The van der Waals surface area contributed by atoms with E-state index in [1.807, 2.05) is 59.5 Å². The molecule has 0 aliphatic carbocycles. The first-order chi connectivity index (χ1) is 12.1. The number of hydrogen-bond donors (Lipinski definition) is 0. The molecule has 0 saturated carbocycles. The van der Waals surface area contributed by atoms with Gasteiger partial charge in [-0.3, -0.25) is 9.59 Å². The Morgan fingerprint density at radius 3 is 2.36 bits per heavy atom. The Labute approximate surface area is 147 Å². The van der Waals surface area contributed by atoms with Crippen LogP contribution in [0.4, 0.5) is 0 Å². The lowest BCUT2D eigenvalue weighted by Gasteiger charge is -2.41. The minimum Gasteiger partial charge on any atom is -0.496 e. The molecule has 5 nitrogen and oxygen atoms in total. The fraction of sp³-hybridized carbons (Fsp3) is 0.300. The molecule has 1 unspecified atom stereocenters. The fourth-order valence-electron chi connectivity index (χ4n) is 3.27. The summed E-state index contributed by atoms with van der Waals surface area (Å²) < 4.78 is 5.49. The van der Waals surface area contributed by atoms with Crippen LogP contribution in [0.2, 0.25) is 0 Å². The Balaban J connectivity index is 1.98. The number of ether oxygens (including phenoxy) is 1. The Kier molecular flexibility index (Phi) is 5.03. The zero-order valence-corrected chi connectivity index (χ0v) is 14.5. The van der Waals surface area contributed by atoms with Gasteiger partial charge in [-0.05, 0) is 18.2 Å². The number of nitrogens with zero attached hydrogens (tertiary/aromatic N) is 2. The summed E-state index contributed by atoms with van der Waals surface area (Å²) in [7, 11) is 1.62. The number of methoxy groups -OCH3 is 1. The SMILES string of the molecule is COc1ccccc1C1CN(C(C)=O)CCN1C(=O)c1ccccc1. The third-order valence-electron chi connectivity index (χ3n) is 4.61. The molecule has 0 radical (unpaired) electrons. The molecule has 2 aromatic rings. The topological polar surface area (TPSA) is 49.9 Å². The predicted octanol–water partition coefficient (Wildman–Crippen LogP) is 2.74. The number of carbonyl (C=O) groups is 2. The zero-order chi connectivity index (χ0) is 17.8. The van der Waals surface area contributed by atoms with Crippen LogP contribution in [0.25, 0.3) is 0 Å². The summed E-state index contributed by atoms with van der Waals surface area (Å²) in [5.74, 6) is 0.718. The maximum atomic E-state index is 13.0. The van der Waals surface area contributed by atoms with Crippen LogP contribution in [-0.4, -0.2) is 48.4 Å². The number of para-hydroxylation sites is 1. The van der Waals surface area contributed by atoms with Crippen molar-refractivity contribution >= 4 is 11.8 Å². The molecule has 1 aliphatic heterocycles. The van der Waals surface area contributed by atoms with E-state index in [1.54, 1.807) is 18.9 Å². The second kappa shape index (κ2) is 7.38. The van der Waals surface area contributed by atoms with Crippen molar-refractivity contribution in [1.82, 2.24) is 9.80 Å². The minimum absolute atomic E-state index is 0.0201. The van der Waals surface area contributed by atoms with Gasteiger partial charge in [-0.25, -0.2) is 0 Å². The first kappa shape index (κ1) is 17.0. The Bertz CT molecular complexity index is 761. The normalized spacial score (nSPS) is 17.3. The molecule has 1 atom stereocenters. The maximum absolute atomic E-state index is 13.0.